The molecule has 48 valence electrons. The third kappa shape index (κ3) is 1.30. The van der Waals surface area contributed by atoms with Crippen LogP contribution in [0.3, 0.4) is 0 Å². The molecule has 0 spiro atoms. The van der Waals surface area contributed by atoms with E-state index < -0.39 is 0 Å². The minimum atomic E-state index is 0.499. The van der Waals surface area contributed by atoms with Gasteiger partial charge in [-0.25, -0.2) is 0 Å². The summed E-state index contributed by atoms with van der Waals surface area (Å²) in [6.45, 7) is 1.57. The van der Waals surface area contributed by atoms with Crippen LogP contribution in [-0.4, -0.2) is 11.9 Å². The van der Waals surface area contributed by atoms with Crippen LogP contribution in [0.2, 0.25) is 0 Å². The number of aromatic nitrogens is 1. The van der Waals surface area contributed by atoms with Gasteiger partial charge in [0.25, 0.3) is 0 Å². The molecule has 1 aromatic rings. The number of nitrogens with one attached hydrogen (secondary N) is 1. The van der Waals surface area contributed by atoms with Crippen molar-refractivity contribution in [1.29, 1.82) is 5.26 Å². The van der Waals surface area contributed by atoms with Crippen molar-refractivity contribution < 1.29 is 0 Å². The van der Waals surface area contributed by atoms with E-state index in [1.807, 2.05) is 6.07 Å². The van der Waals surface area contributed by atoms with Gasteiger partial charge < -0.3 is 0 Å². The van der Waals surface area contributed by atoms with Gasteiger partial charge in [0.2, 0.25) is 0 Å². The van der Waals surface area contributed by atoms with Crippen LogP contribution in [-0.2, 0) is 0 Å². The van der Waals surface area contributed by atoms with Gasteiger partial charge in [0.05, 0.1) is 0 Å². The van der Waals surface area contributed by atoms with E-state index >= 15 is 0 Å². The van der Waals surface area contributed by atoms with Gasteiger partial charge in [-0.2, -0.15) is 0 Å². The molecule has 0 aliphatic rings. The first-order valence-electron chi connectivity index (χ1n) is 2.69. The number of hydrogen-bond acceptors (Lipinski definition) is 4. The van der Waals surface area contributed by atoms with E-state index in [9.17, 15) is 0 Å². The van der Waals surface area contributed by atoms with Crippen molar-refractivity contribution in [2.45, 2.75) is 0 Å². The zero-order valence-corrected chi connectivity index (χ0v) is 5.20. The summed E-state index contributed by atoms with van der Waals surface area (Å²) < 4.78 is 0. The average Bonchev–Trinajstić information content (AvgIpc) is 2.05. The number of hydrazine groups is 1. The average molecular weight is 132 g/mol. The van der Waals surface area contributed by atoms with Crippen molar-refractivity contribution in [3.8, 4) is 6.07 Å². The second-order valence-corrected chi connectivity index (χ2v) is 1.69. The van der Waals surface area contributed by atoms with E-state index in [2.05, 4.69) is 10.4 Å². The molecule has 0 aromatic carbocycles. The fraction of sp³-hybridized carbons (Fsp3) is 0. The standard InChI is InChI=1S/C5H5BN4/c7-3-4-1-2-9-5(6-4)10-8/h1-2H,8H2,(H,9,10). The van der Waals surface area contributed by atoms with Gasteiger partial charge >= 0.3 is 57.9 Å². The Morgan fingerprint density at radius 1 is 1.80 bits per heavy atom. The molecule has 5 heteroatoms. The third-order valence-electron chi connectivity index (χ3n) is 1.04. The van der Waals surface area contributed by atoms with Crippen molar-refractivity contribution >= 4 is 12.6 Å². The van der Waals surface area contributed by atoms with Crippen molar-refractivity contribution in [3.63, 3.8) is 0 Å². The molecular weight excluding hydrogens is 127 g/mol. The number of nitrogen functional groups attached to an aromatic ring is 1. The summed E-state index contributed by atoms with van der Waals surface area (Å²) in [5.74, 6) is 5.05. The molecule has 0 aliphatic heterocycles. The summed E-state index contributed by atoms with van der Waals surface area (Å²) in [5.41, 5.74) is 3.38. The van der Waals surface area contributed by atoms with E-state index in [4.69, 9.17) is 11.1 Å². The molecule has 0 radical (unpaired) electrons. The molecule has 0 bridgehead atoms. The predicted octanol–water partition coefficient (Wildman–Crippen LogP) is -0.423. The quantitative estimate of drug-likeness (QED) is 0.401. The first-order chi connectivity index (χ1) is 4.86. The Morgan fingerprint density at radius 3 is 3.20 bits per heavy atom. The van der Waals surface area contributed by atoms with Crippen LogP contribution in [0.15, 0.2) is 12.3 Å². The predicted molar refractivity (Wildman–Crippen MR) is 38.1 cm³/mol. The second-order valence-electron chi connectivity index (χ2n) is 1.69. The van der Waals surface area contributed by atoms with Gasteiger partial charge in [-0.1, -0.05) is 0 Å². The summed E-state index contributed by atoms with van der Waals surface area (Å²) in [7, 11) is 0. The van der Waals surface area contributed by atoms with E-state index in [-0.39, 0.29) is 0 Å². The van der Waals surface area contributed by atoms with Gasteiger partial charge in [-0.3, -0.25) is 0 Å². The summed E-state index contributed by atoms with van der Waals surface area (Å²) in [5, 5.41) is 8.41. The van der Waals surface area contributed by atoms with Crippen LogP contribution >= 0.6 is 0 Å². The van der Waals surface area contributed by atoms with Crippen molar-refractivity contribution in [3.05, 3.63) is 17.7 Å². The molecule has 4 nitrogen and oxygen atoms in total. The summed E-state index contributed by atoms with van der Waals surface area (Å²) >= 11 is 0. The van der Waals surface area contributed by atoms with Crippen LogP contribution in [0.5, 0.6) is 0 Å². The first-order valence-corrected chi connectivity index (χ1v) is 2.69. The maximum absolute atomic E-state index is 8.41. The third-order valence-corrected chi connectivity index (χ3v) is 1.04. The molecule has 0 amide bonds. The summed E-state index contributed by atoms with van der Waals surface area (Å²) in [6.07, 6.45) is 1.52. The molecule has 1 rings (SSSR count). The van der Waals surface area contributed by atoms with E-state index in [1.165, 1.54) is 6.20 Å². The molecule has 3 N–H and O–H groups in total. The molecule has 0 saturated heterocycles. The van der Waals surface area contributed by atoms with Gasteiger partial charge in [0.1, 0.15) is 0 Å². The Balaban J connectivity index is 3.01. The van der Waals surface area contributed by atoms with Gasteiger partial charge in [-0.15, -0.1) is 0 Å². The van der Waals surface area contributed by atoms with Crippen LogP contribution < -0.4 is 11.3 Å². The topological polar surface area (TPSA) is 74.7 Å². The fourth-order valence-corrected chi connectivity index (χ4v) is 0.579. The molecular formula is C5H5BN4. The van der Waals surface area contributed by atoms with Crippen LogP contribution in [0.1, 0.15) is 5.46 Å². The fourth-order valence-electron chi connectivity index (χ4n) is 0.579. The monoisotopic (exact) mass is 132 g/mol. The zero-order chi connectivity index (χ0) is 7.40. The van der Waals surface area contributed by atoms with Crippen LogP contribution in [0.4, 0.5) is 5.71 Å². The summed E-state index contributed by atoms with van der Waals surface area (Å²) in [4.78, 5) is 3.82. The van der Waals surface area contributed by atoms with Crippen molar-refractivity contribution in [1.82, 2.24) is 4.98 Å². The van der Waals surface area contributed by atoms with E-state index in [0.717, 1.165) is 0 Å². The molecule has 10 heavy (non-hydrogen) atoms. The molecule has 0 atom stereocenters. The number of rotatable bonds is 1. The molecule has 0 fully saturated rings. The van der Waals surface area contributed by atoms with E-state index in [1.54, 1.807) is 13.0 Å². The van der Waals surface area contributed by atoms with Crippen LogP contribution in [0, 0.1) is 11.3 Å². The number of nitrogens with two attached hydrogens (primary N) is 1. The Labute approximate surface area is 58.9 Å². The Bertz CT molecular complexity index is 267. The summed E-state index contributed by atoms with van der Waals surface area (Å²) in [6, 6.07) is 3.58. The number of nitrogens with zero attached hydrogens (tertiary/aromatic N) is 2. The first kappa shape index (κ1) is 6.71. The number of nitriles is 1. The minimum absolute atomic E-state index is 0.499. The van der Waals surface area contributed by atoms with Crippen molar-refractivity contribution in [2.75, 3.05) is 5.43 Å². The Hall–Kier alpha value is -1.41. The van der Waals surface area contributed by atoms with E-state index in [0.29, 0.717) is 11.2 Å². The van der Waals surface area contributed by atoms with Gasteiger partial charge in [0.15, 0.2) is 0 Å². The molecule has 1 heterocycles. The van der Waals surface area contributed by atoms with Gasteiger partial charge in [0, 0.05) is 0 Å². The zero-order valence-electron chi connectivity index (χ0n) is 5.20. The molecule has 0 unspecified atom stereocenters. The molecule has 1 aromatic heterocycles. The normalized spacial score (nSPS) is 8.00. The Morgan fingerprint density at radius 2 is 2.60 bits per heavy atom. The number of anilines is 1. The van der Waals surface area contributed by atoms with Crippen molar-refractivity contribution in [2.24, 2.45) is 5.84 Å². The molecule has 0 saturated carbocycles. The Kier molecular flexibility index (Phi) is 1.97. The maximum atomic E-state index is 8.41. The number of hydrogen-bond donors (Lipinski definition) is 2. The second kappa shape index (κ2) is 2.94. The van der Waals surface area contributed by atoms with Gasteiger partial charge in [-0.05, 0) is 0 Å². The molecule has 0 aliphatic carbocycles. The SMILES string of the molecule is N#Cc1bc(NN)ncc1. The van der Waals surface area contributed by atoms with Crippen LogP contribution in [0.25, 0.3) is 0 Å².